The largest absolute Gasteiger partial charge is 0.550 e. The number of aliphatic carboxylic acids is 3. The van der Waals surface area contributed by atoms with E-state index in [1.807, 2.05) is 13.8 Å². The molecular formula is C36H67NO6. The molecule has 2 N–H and O–H groups in total. The molecule has 252 valence electrons. The fourth-order valence-corrected chi connectivity index (χ4v) is 6.38. The van der Waals surface area contributed by atoms with E-state index in [-0.39, 0.29) is 24.1 Å². The van der Waals surface area contributed by atoms with Crippen LogP contribution in [0.15, 0.2) is 12.2 Å². The van der Waals surface area contributed by atoms with Crippen molar-refractivity contribution < 1.29 is 34.2 Å². The van der Waals surface area contributed by atoms with Gasteiger partial charge >= 0.3 is 11.9 Å². The lowest BCUT2D eigenvalue weighted by atomic mass is 9.95. The first-order valence-electron chi connectivity index (χ1n) is 17.8. The number of carboxylic acid groups (broad SMARTS) is 3. The maximum Gasteiger partial charge on any atom is 0.312 e. The van der Waals surface area contributed by atoms with E-state index in [4.69, 9.17) is 0 Å². The second-order valence-electron chi connectivity index (χ2n) is 12.9. The summed E-state index contributed by atoms with van der Waals surface area (Å²) in [6.45, 7) is 8.89. The quantitative estimate of drug-likeness (QED) is 0.0467. The van der Waals surface area contributed by atoms with Gasteiger partial charge in [0.05, 0.1) is 32.1 Å². The summed E-state index contributed by atoms with van der Waals surface area (Å²) < 4.78 is 0.221. The minimum atomic E-state index is -1.14. The number of allylic oxidation sites excluding steroid dienone is 2. The molecule has 7 nitrogen and oxygen atoms in total. The zero-order valence-electron chi connectivity index (χ0n) is 28.3. The molecule has 0 aliphatic carbocycles. The number of nitrogens with zero attached hydrogens (tertiary/aromatic N) is 1. The summed E-state index contributed by atoms with van der Waals surface area (Å²) >= 11 is 0. The molecule has 0 amide bonds. The molecule has 0 aliphatic heterocycles. The van der Waals surface area contributed by atoms with Gasteiger partial charge in [0.2, 0.25) is 0 Å². The van der Waals surface area contributed by atoms with Gasteiger partial charge < -0.3 is 24.6 Å². The fourth-order valence-electron chi connectivity index (χ4n) is 6.38. The van der Waals surface area contributed by atoms with Crippen LogP contribution in [0.3, 0.4) is 0 Å². The van der Waals surface area contributed by atoms with E-state index in [2.05, 4.69) is 19.1 Å². The zero-order valence-corrected chi connectivity index (χ0v) is 28.3. The molecular weight excluding hydrogens is 542 g/mol. The van der Waals surface area contributed by atoms with Gasteiger partial charge in [-0.3, -0.25) is 9.59 Å². The first-order chi connectivity index (χ1) is 20.7. The van der Waals surface area contributed by atoms with Crippen molar-refractivity contribution in [1.82, 2.24) is 0 Å². The minimum absolute atomic E-state index is 0.221. The summed E-state index contributed by atoms with van der Waals surface area (Å²) in [5.74, 6) is -4.94. The molecule has 0 aromatic carbocycles. The van der Waals surface area contributed by atoms with Crippen molar-refractivity contribution >= 4 is 17.9 Å². The maximum absolute atomic E-state index is 12.0. The molecule has 0 saturated carbocycles. The third-order valence-electron chi connectivity index (χ3n) is 9.32. The monoisotopic (exact) mass is 609 g/mol. The van der Waals surface area contributed by atoms with E-state index >= 15 is 0 Å². The Labute approximate surface area is 264 Å². The molecule has 0 rings (SSSR count). The third-order valence-corrected chi connectivity index (χ3v) is 9.32. The average molecular weight is 610 g/mol. The lowest BCUT2D eigenvalue weighted by Crippen LogP contribution is -2.59. The number of carboxylic acids is 3. The highest BCUT2D eigenvalue weighted by atomic mass is 16.4. The Morgan fingerprint density at radius 3 is 1.21 bits per heavy atom. The second-order valence-corrected chi connectivity index (χ2v) is 12.9. The van der Waals surface area contributed by atoms with E-state index in [1.54, 1.807) is 6.92 Å². The van der Waals surface area contributed by atoms with Crippen molar-refractivity contribution in [2.24, 2.45) is 17.8 Å². The second kappa shape index (κ2) is 26.5. The van der Waals surface area contributed by atoms with Crippen LogP contribution in [0.1, 0.15) is 156 Å². The third kappa shape index (κ3) is 20.7. The van der Waals surface area contributed by atoms with Crippen molar-refractivity contribution in [2.45, 2.75) is 156 Å². The molecule has 43 heavy (non-hydrogen) atoms. The van der Waals surface area contributed by atoms with Crippen LogP contribution in [-0.4, -0.2) is 58.8 Å². The van der Waals surface area contributed by atoms with Gasteiger partial charge in [0.1, 0.15) is 11.8 Å². The maximum atomic E-state index is 12.0. The zero-order chi connectivity index (χ0) is 32.3. The molecule has 0 heterocycles. The van der Waals surface area contributed by atoms with Gasteiger partial charge in [0.15, 0.2) is 0 Å². The first kappa shape index (κ1) is 41.1. The minimum Gasteiger partial charge on any atom is -0.550 e. The van der Waals surface area contributed by atoms with Crippen LogP contribution in [0.5, 0.6) is 0 Å². The molecule has 0 aliphatic rings. The molecule has 0 aromatic heterocycles. The highest BCUT2D eigenvalue weighted by molar-refractivity contribution is 5.70. The number of carbonyl (C=O) groups excluding carboxylic acids is 1. The van der Waals surface area contributed by atoms with E-state index in [0.29, 0.717) is 25.8 Å². The Morgan fingerprint density at radius 2 is 0.907 bits per heavy atom. The highest BCUT2D eigenvalue weighted by Crippen LogP contribution is 2.25. The number of hydrogen-bond acceptors (Lipinski definition) is 4. The van der Waals surface area contributed by atoms with E-state index in [9.17, 15) is 29.7 Å². The standard InChI is InChI=1S/C36H67NO6/c1-5-9-10-11-12-13-14-15-16-17-18-19-20-21-22-23-24-25-26-27-37(28-31(6-2)34(38)39,29-32(7-3)35(40)41)30-33(8-4)36(42)43/h5,9,31-33H,6-8,10-30H2,1-4H3,(H2-,38,39,40,41,42,43)/b9-5+. The van der Waals surface area contributed by atoms with E-state index in [1.165, 1.54) is 89.9 Å². The predicted octanol–water partition coefficient (Wildman–Crippen LogP) is 8.01. The number of hydrogen-bond donors (Lipinski definition) is 2. The van der Waals surface area contributed by atoms with Crippen LogP contribution in [0, 0.1) is 17.8 Å². The number of rotatable bonds is 31. The molecule has 3 atom stereocenters. The number of quaternary nitrogens is 1. The molecule has 0 saturated heterocycles. The highest BCUT2D eigenvalue weighted by Gasteiger charge is 2.39. The molecule has 0 spiro atoms. The molecule has 0 fully saturated rings. The van der Waals surface area contributed by atoms with Gasteiger partial charge in [-0.15, -0.1) is 0 Å². The van der Waals surface area contributed by atoms with Gasteiger partial charge in [-0.25, -0.2) is 0 Å². The number of unbranched alkanes of at least 4 members (excludes halogenated alkanes) is 16. The average Bonchev–Trinajstić information content (AvgIpc) is 2.98. The SMILES string of the molecule is C/C=C/CCCCCCCCCCCCCCCCCC[N+](CC(CC)C(=O)[O-])(CC(CC)C(=O)O)CC(CC)C(=O)O. The molecule has 0 aromatic rings. The predicted molar refractivity (Wildman–Crippen MR) is 175 cm³/mol. The van der Waals surface area contributed by atoms with Gasteiger partial charge in [-0.1, -0.05) is 116 Å². The lowest BCUT2D eigenvalue weighted by Gasteiger charge is -2.44. The first-order valence-corrected chi connectivity index (χ1v) is 17.8. The summed E-state index contributed by atoms with van der Waals surface area (Å²) in [6, 6.07) is 0. The van der Waals surface area contributed by atoms with Gasteiger partial charge in [0, 0.05) is 5.92 Å². The van der Waals surface area contributed by atoms with E-state index in [0.717, 1.165) is 19.3 Å². The summed E-state index contributed by atoms with van der Waals surface area (Å²) in [4.78, 5) is 35.8. The van der Waals surface area contributed by atoms with Crippen molar-refractivity contribution in [1.29, 1.82) is 0 Å². The van der Waals surface area contributed by atoms with Crippen molar-refractivity contribution in [3.8, 4) is 0 Å². The Balaban J connectivity index is 4.59. The van der Waals surface area contributed by atoms with Crippen molar-refractivity contribution in [2.75, 3.05) is 26.2 Å². The lowest BCUT2D eigenvalue weighted by molar-refractivity contribution is -0.935. The van der Waals surface area contributed by atoms with Gasteiger partial charge in [-0.2, -0.15) is 0 Å². The van der Waals surface area contributed by atoms with E-state index < -0.39 is 35.7 Å². The van der Waals surface area contributed by atoms with Gasteiger partial charge in [0.25, 0.3) is 0 Å². The Hall–Kier alpha value is -1.89. The topological polar surface area (TPSA) is 115 Å². The summed E-state index contributed by atoms with van der Waals surface area (Å²) in [5.41, 5.74) is 0. The Kier molecular flexibility index (Phi) is 25.3. The van der Waals surface area contributed by atoms with Gasteiger partial charge in [-0.05, 0) is 51.9 Å². The Morgan fingerprint density at radius 1 is 0.581 bits per heavy atom. The van der Waals surface area contributed by atoms with Crippen LogP contribution < -0.4 is 5.11 Å². The summed E-state index contributed by atoms with van der Waals surface area (Å²) in [6.07, 6.45) is 27.0. The fraction of sp³-hybridized carbons (Fsp3) is 0.861. The molecule has 7 heteroatoms. The van der Waals surface area contributed by atoms with Crippen LogP contribution in [0.4, 0.5) is 0 Å². The summed E-state index contributed by atoms with van der Waals surface area (Å²) in [5, 5.41) is 31.5. The molecule has 0 bridgehead atoms. The van der Waals surface area contributed by atoms with Crippen LogP contribution >= 0.6 is 0 Å². The van der Waals surface area contributed by atoms with Crippen LogP contribution in [0.25, 0.3) is 0 Å². The summed E-state index contributed by atoms with van der Waals surface area (Å²) in [7, 11) is 0. The molecule has 3 unspecified atom stereocenters. The van der Waals surface area contributed by atoms with Crippen LogP contribution in [-0.2, 0) is 14.4 Å². The Bertz CT molecular complexity index is 692. The van der Waals surface area contributed by atoms with Crippen molar-refractivity contribution in [3.05, 3.63) is 12.2 Å². The smallest absolute Gasteiger partial charge is 0.312 e. The van der Waals surface area contributed by atoms with Crippen LogP contribution in [0.2, 0.25) is 0 Å². The normalized spacial score (nSPS) is 15.3. The number of carbonyl (C=O) groups is 3. The molecule has 0 radical (unpaired) electrons. The van der Waals surface area contributed by atoms with Crippen molar-refractivity contribution in [3.63, 3.8) is 0 Å².